The van der Waals surface area contributed by atoms with Gasteiger partial charge in [-0.3, -0.25) is 0 Å². The minimum absolute atomic E-state index is 0.270. The summed E-state index contributed by atoms with van der Waals surface area (Å²) in [5, 5.41) is 8.51. The minimum Gasteiger partial charge on any atom is -0.413 e. The van der Waals surface area contributed by atoms with Crippen molar-refractivity contribution in [3.8, 4) is 11.8 Å². The molecule has 4 nitrogen and oxygen atoms in total. The van der Waals surface area contributed by atoms with Crippen LogP contribution in [0.25, 0.3) is 0 Å². The molecular weight excluding hydrogens is 228 g/mol. The normalized spacial score (nSPS) is 10.3. The van der Waals surface area contributed by atoms with Crippen molar-refractivity contribution in [3.05, 3.63) is 24.3 Å². The maximum atomic E-state index is 11.1. The van der Waals surface area contributed by atoms with E-state index in [0.29, 0.717) is 5.75 Å². The maximum Gasteiger partial charge on any atom is 0.416 e. The van der Waals surface area contributed by atoms with Crippen LogP contribution in [0.15, 0.2) is 24.3 Å². The summed E-state index contributed by atoms with van der Waals surface area (Å²) in [5.41, 5.74) is 0.825. The van der Waals surface area contributed by atoms with Crippen LogP contribution in [0.4, 0.5) is 5.69 Å². The summed E-state index contributed by atoms with van der Waals surface area (Å²) in [6.07, 6.45) is 0. The number of hydrogen-bond acceptors (Lipinski definition) is 4. The van der Waals surface area contributed by atoms with Crippen LogP contribution in [0.3, 0.4) is 0 Å². The molecule has 0 bridgehead atoms. The Balaban J connectivity index is 3.15. The monoisotopic (exact) mass is 246 g/mol. The molecule has 1 aromatic rings. The zero-order chi connectivity index (χ0) is 13.7. The third-order valence-electron chi connectivity index (χ3n) is 2.55. The number of nitriles is 1. The van der Waals surface area contributed by atoms with Crippen molar-refractivity contribution < 1.29 is 9.53 Å². The molecule has 0 unspecified atom stereocenters. The summed E-state index contributed by atoms with van der Waals surface area (Å²) in [6, 6.07) is 9.25. The fraction of sp³-hybridized carbons (Fsp3) is 0.429. The number of rotatable bonds is 4. The Kier molecular flexibility index (Phi) is 4.73. The standard InChI is InChI=1S/C14H18N2O2/c1-10(2)16(11(3)4)12-7-5-6-8-13(12)18-14(17)9-15/h5-8,10-11H,1-4H3. The van der Waals surface area contributed by atoms with Crippen LogP contribution in [0.1, 0.15) is 27.7 Å². The van der Waals surface area contributed by atoms with Crippen molar-refractivity contribution in [3.63, 3.8) is 0 Å². The van der Waals surface area contributed by atoms with E-state index in [9.17, 15) is 4.79 Å². The van der Waals surface area contributed by atoms with Gasteiger partial charge in [-0.05, 0) is 39.8 Å². The van der Waals surface area contributed by atoms with E-state index in [1.807, 2.05) is 12.1 Å². The molecular formula is C14H18N2O2. The first-order valence-electron chi connectivity index (χ1n) is 5.96. The number of carbonyl (C=O) groups excluding carboxylic acids is 1. The van der Waals surface area contributed by atoms with E-state index < -0.39 is 5.97 Å². The fourth-order valence-corrected chi connectivity index (χ4v) is 2.03. The quantitative estimate of drug-likeness (QED) is 0.465. The van der Waals surface area contributed by atoms with E-state index in [-0.39, 0.29) is 12.1 Å². The molecule has 0 saturated heterocycles. The van der Waals surface area contributed by atoms with Gasteiger partial charge in [0, 0.05) is 12.1 Å². The van der Waals surface area contributed by atoms with Gasteiger partial charge < -0.3 is 9.64 Å². The first-order chi connectivity index (χ1) is 8.47. The molecule has 18 heavy (non-hydrogen) atoms. The number of nitrogens with zero attached hydrogens (tertiary/aromatic N) is 2. The van der Waals surface area contributed by atoms with Crippen molar-refractivity contribution in [2.45, 2.75) is 39.8 Å². The summed E-state index contributed by atoms with van der Waals surface area (Å²) in [5.74, 6) is -0.471. The number of para-hydroxylation sites is 2. The van der Waals surface area contributed by atoms with Crippen LogP contribution in [-0.4, -0.2) is 18.1 Å². The minimum atomic E-state index is -0.894. The summed E-state index contributed by atoms with van der Waals surface area (Å²) in [4.78, 5) is 13.2. The Morgan fingerprint density at radius 1 is 1.22 bits per heavy atom. The van der Waals surface area contributed by atoms with Crippen LogP contribution in [0, 0.1) is 11.3 Å². The third kappa shape index (κ3) is 3.24. The third-order valence-corrected chi connectivity index (χ3v) is 2.55. The number of benzene rings is 1. The molecule has 0 amide bonds. The average molecular weight is 246 g/mol. The molecule has 0 spiro atoms. The molecule has 4 heteroatoms. The molecule has 0 aliphatic carbocycles. The average Bonchev–Trinajstić information content (AvgIpc) is 2.30. The van der Waals surface area contributed by atoms with E-state index in [0.717, 1.165) is 5.69 Å². The van der Waals surface area contributed by atoms with Crippen molar-refractivity contribution in [1.82, 2.24) is 0 Å². The van der Waals surface area contributed by atoms with Gasteiger partial charge >= 0.3 is 5.97 Å². The number of hydrogen-bond donors (Lipinski definition) is 0. The van der Waals surface area contributed by atoms with Crippen molar-refractivity contribution in [1.29, 1.82) is 5.26 Å². The Morgan fingerprint density at radius 3 is 2.28 bits per heavy atom. The lowest BCUT2D eigenvalue weighted by Crippen LogP contribution is -2.37. The molecule has 0 atom stereocenters. The predicted molar refractivity (Wildman–Crippen MR) is 70.4 cm³/mol. The van der Waals surface area contributed by atoms with Gasteiger partial charge in [-0.25, -0.2) is 4.79 Å². The first kappa shape index (κ1) is 14.0. The van der Waals surface area contributed by atoms with E-state index in [2.05, 4.69) is 32.6 Å². The van der Waals surface area contributed by atoms with E-state index in [1.54, 1.807) is 12.1 Å². The first-order valence-corrected chi connectivity index (χ1v) is 5.96. The number of ether oxygens (including phenoxy) is 1. The van der Waals surface area contributed by atoms with Gasteiger partial charge in [0.25, 0.3) is 0 Å². The fourth-order valence-electron chi connectivity index (χ4n) is 2.03. The van der Waals surface area contributed by atoms with Crippen LogP contribution < -0.4 is 9.64 Å². The lowest BCUT2D eigenvalue weighted by Gasteiger charge is -2.33. The molecule has 0 aliphatic rings. The van der Waals surface area contributed by atoms with Gasteiger partial charge in [0.15, 0.2) is 11.8 Å². The smallest absolute Gasteiger partial charge is 0.413 e. The Labute approximate surface area is 108 Å². The molecule has 1 rings (SSSR count). The second-order valence-corrected chi connectivity index (χ2v) is 4.56. The Bertz CT molecular complexity index is 453. The Hall–Kier alpha value is -2.02. The van der Waals surface area contributed by atoms with Crippen molar-refractivity contribution in [2.24, 2.45) is 0 Å². The van der Waals surface area contributed by atoms with E-state index in [1.165, 1.54) is 6.07 Å². The number of carbonyl (C=O) groups is 1. The second kappa shape index (κ2) is 6.06. The molecule has 96 valence electrons. The topological polar surface area (TPSA) is 53.3 Å². The van der Waals surface area contributed by atoms with Gasteiger partial charge in [-0.2, -0.15) is 5.26 Å². The highest BCUT2D eigenvalue weighted by molar-refractivity contribution is 5.88. The van der Waals surface area contributed by atoms with Gasteiger partial charge in [0.1, 0.15) is 0 Å². The van der Waals surface area contributed by atoms with Gasteiger partial charge in [-0.1, -0.05) is 12.1 Å². The molecule has 0 aromatic heterocycles. The molecule has 0 fully saturated rings. The van der Waals surface area contributed by atoms with Crippen LogP contribution in [0.5, 0.6) is 5.75 Å². The summed E-state index contributed by atoms with van der Waals surface area (Å²) in [6.45, 7) is 8.29. The second-order valence-electron chi connectivity index (χ2n) is 4.56. The molecule has 1 aromatic carbocycles. The van der Waals surface area contributed by atoms with Gasteiger partial charge in [0.2, 0.25) is 0 Å². The summed E-state index contributed by atoms with van der Waals surface area (Å²) in [7, 11) is 0. The zero-order valence-electron chi connectivity index (χ0n) is 11.2. The highest BCUT2D eigenvalue weighted by Crippen LogP contribution is 2.31. The van der Waals surface area contributed by atoms with E-state index in [4.69, 9.17) is 10.00 Å². The SMILES string of the molecule is CC(C)N(c1ccccc1OC(=O)C#N)C(C)C. The van der Waals surface area contributed by atoms with Crippen LogP contribution >= 0.6 is 0 Å². The molecule has 0 heterocycles. The molecule has 0 saturated carbocycles. The highest BCUT2D eigenvalue weighted by atomic mass is 16.5. The lowest BCUT2D eigenvalue weighted by atomic mass is 10.1. The number of esters is 1. The largest absolute Gasteiger partial charge is 0.416 e. The molecule has 0 aliphatic heterocycles. The summed E-state index contributed by atoms with van der Waals surface area (Å²) < 4.78 is 5.03. The highest BCUT2D eigenvalue weighted by Gasteiger charge is 2.19. The van der Waals surface area contributed by atoms with Gasteiger partial charge in [-0.15, -0.1) is 0 Å². The van der Waals surface area contributed by atoms with Gasteiger partial charge in [0.05, 0.1) is 5.69 Å². The number of anilines is 1. The molecule has 0 N–H and O–H groups in total. The lowest BCUT2D eigenvalue weighted by molar-refractivity contribution is -0.128. The van der Waals surface area contributed by atoms with Crippen molar-refractivity contribution in [2.75, 3.05) is 4.90 Å². The molecule has 0 radical (unpaired) electrons. The Morgan fingerprint density at radius 2 is 1.78 bits per heavy atom. The maximum absolute atomic E-state index is 11.1. The van der Waals surface area contributed by atoms with Crippen LogP contribution in [0.2, 0.25) is 0 Å². The van der Waals surface area contributed by atoms with Crippen LogP contribution in [-0.2, 0) is 4.79 Å². The van der Waals surface area contributed by atoms with Crippen molar-refractivity contribution >= 4 is 11.7 Å². The summed E-state index contributed by atoms with van der Waals surface area (Å²) >= 11 is 0. The predicted octanol–water partition coefficient (Wildman–Crippen LogP) is 2.74. The van der Waals surface area contributed by atoms with E-state index >= 15 is 0 Å². The zero-order valence-corrected chi connectivity index (χ0v) is 11.2.